The molecule has 0 atom stereocenters. The lowest BCUT2D eigenvalue weighted by Gasteiger charge is -2.12. The fourth-order valence-electron chi connectivity index (χ4n) is 3.36. The summed E-state index contributed by atoms with van der Waals surface area (Å²) in [6.07, 6.45) is 2.48. The van der Waals surface area contributed by atoms with Crippen molar-refractivity contribution in [2.24, 2.45) is 0 Å². The summed E-state index contributed by atoms with van der Waals surface area (Å²) < 4.78 is 4.91. The number of aromatic amines is 1. The van der Waals surface area contributed by atoms with Crippen molar-refractivity contribution >= 4 is 17.6 Å². The Kier molecular flexibility index (Phi) is 6.73. The third-order valence-electron chi connectivity index (χ3n) is 5.12. The number of pyridine rings is 1. The average Bonchev–Trinajstić information content (AvgIpc) is 3.26. The van der Waals surface area contributed by atoms with Crippen molar-refractivity contribution < 1.29 is 0 Å². The third-order valence-corrected chi connectivity index (χ3v) is 5.96. The molecule has 0 amide bonds. The maximum Gasteiger partial charge on any atom is 0.275 e. The highest BCUT2D eigenvalue weighted by molar-refractivity contribution is 7.99. The Morgan fingerprint density at radius 2 is 1.84 bits per heavy atom. The molecule has 0 saturated heterocycles. The molecule has 4 aromatic rings. The number of nitriles is 1. The highest BCUT2D eigenvalue weighted by Crippen LogP contribution is 2.15. The maximum absolute atomic E-state index is 13.0. The predicted molar refractivity (Wildman–Crippen MR) is 128 cm³/mol. The largest absolute Gasteiger partial charge is 0.344 e. The van der Waals surface area contributed by atoms with Crippen molar-refractivity contribution in [3.05, 3.63) is 117 Å². The first kappa shape index (κ1) is 21.5. The second kappa shape index (κ2) is 10.0. The molecule has 0 aliphatic heterocycles. The summed E-state index contributed by atoms with van der Waals surface area (Å²) >= 11 is 1.50. The molecule has 2 aromatic carbocycles. The maximum atomic E-state index is 13.0. The lowest BCUT2D eigenvalue weighted by Crippen LogP contribution is -2.25. The van der Waals surface area contributed by atoms with Gasteiger partial charge in [0.1, 0.15) is 11.5 Å². The van der Waals surface area contributed by atoms with Crippen LogP contribution in [0.15, 0.2) is 77.7 Å². The summed E-state index contributed by atoms with van der Waals surface area (Å²) in [5.41, 5.74) is 5.25. The van der Waals surface area contributed by atoms with Gasteiger partial charge in [-0.25, -0.2) is 4.98 Å². The molecule has 2 aromatic heterocycles. The van der Waals surface area contributed by atoms with Crippen LogP contribution in [0.2, 0.25) is 0 Å². The molecular weight excluding hydrogens is 418 g/mol. The van der Waals surface area contributed by atoms with Gasteiger partial charge in [-0.15, -0.1) is 0 Å². The number of benzene rings is 2. The summed E-state index contributed by atoms with van der Waals surface area (Å²) in [6.45, 7) is 2.29. The van der Waals surface area contributed by atoms with Crippen molar-refractivity contribution in [3.8, 4) is 6.07 Å². The van der Waals surface area contributed by atoms with E-state index in [0.29, 0.717) is 24.2 Å². The van der Waals surface area contributed by atoms with Gasteiger partial charge in [-0.05, 0) is 54.3 Å². The molecule has 6 nitrogen and oxygen atoms in total. The van der Waals surface area contributed by atoms with Gasteiger partial charge in [0.2, 0.25) is 0 Å². The predicted octanol–water partition coefficient (Wildman–Crippen LogP) is 4.65. The highest BCUT2D eigenvalue weighted by atomic mass is 32.2. The van der Waals surface area contributed by atoms with Gasteiger partial charge in [0, 0.05) is 29.8 Å². The third kappa shape index (κ3) is 5.29. The number of hydrogen-bond acceptors (Lipinski definition) is 5. The fraction of sp³-hybridized carbons (Fsp3) is 0.160. The van der Waals surface area contributed by atoms with Gasteiger partial charge in [0.15, 0.2) is 0 Å². The molecule has 0 aliphatic rings. The SMILES string of the molecule is Cc1ccc(NSCc2ccccc2)c(=O)n1Cc1ncc(Cc2ccc(C#N)cc2)[nH]1. The van der Waals surface area contributed by atoms with Crippen LogP contribution in [0.4, 0.5) is 5.69 Å². The van der Waals surface area contributed by atoms with Crippen LogP contribution in [-0.2, 0) is 18.7 Å². The summed E-state index contributed by atoms with van der Waals surface area (Å²) in [5, 5.41) is 8.93. The second-order valence-corrected chi connectivity index (χ2v) is 8.28. The highest BCUT2D eigenvalue weighted by Gasteiger charge is 2.10. The monoisotopic (exact) mass is 441 g/mol. The molecule has 2 N–H and O–H groups in total. The van der Waals surface area contributed by atoms with Crippen molar-refractivity contribution in [1.29, 1.82) is 5.26 Å². The molecular formula is C25H23N5OS. The minimum absolute atomic E-state index is 0.0735. The summed E-state index contributed by atoms with van der Waals surface area (Å²) in [5.74, 6) is 1.50. The summed E-state index contributed by atoms with van der Waals surface area (Å²) in [7, 11) is 0. The molecule has 0 saturated carbocycles. The molecule has 4 rings (SSSR count). The first-order valence-corrected chi connectivity index (χ1v) is 11.2. The number of aromatic nitrogens is 3. The van der Waals surface area contributed by atoms with Crippen LogP contribution in [0, 0.1) is 18.3 Å². The quantitative estimate of drug-likeness (QED) is 0.389. The van der Waals surface area contributed by atoms with Crippen molar-refractivity contribution in [2.45, 2.75) is 25.6 Å². The molecule has 2 heterocycles. The topological polar surface area (TPSA) is 86.5 Å². The summed E-state index contributed by atoms with van der Waals surface area (Å²) in [4.78, 5) is 20.8. The normalized spacial score (nSPS) is 10.6. The lowest BCUT2D eigenvalue weighted by atomic mass is 10.1. The van der Waals surface area contributed by atoms with Crippen molar-refractivity contribution in [2.75, 3.05) is 4.72 Å². The first-order valence-electron chi connectivity index (χ1n) is 10.3. The zero-order valence-corrected chi connectivity index (χ0v) is 18.5. The smallest absolute Gasteiger partial charge is 0.275 e. The minimum atomic E-state index is -0.0735. The minimum Gasteiger partial charge on any atom is -0.344 e. The second-order valence-electron chi connectivity index (χ2n) is 7.50. The zero-order valence-electron chi connectivity index (χ0n) is 17.7. The number of H-pyrrole nitrogens is 1. The Bertz CT molecular complexity index is 1290. The summed E-state index contributed by atoms with van der Waals surface area (Å²) in [6, 6.07) is 23.5. The molecule has 0 bridgehead atoms. The number of nitrogens with zero attached hydrogens (tertiary/aromatic N) is 3. The first-order chi connectivity index (χ1) is 15.6. The van der Waals surface area contributed by atoms with Crippen molar-refractivity contribution in [1.82, 2.24) is 14.5 Å². The van der Waals surface area contributed by atoms with E-state index in [1.165, 1.54) is 17.5 Å². The van der Waals surface area contributed by atoms with Crippen LogP contribution in [-0.4, -0.2) is 14.5 Å². The zero-order chi connectivity index (χ0) is 22.3. The van der Waals surface area contributed by atoms with Gasteiger partial charge in [0.05, 0.1) is 18.2 Å². The Labute approximate surface area is 191 Å². The number of anilines is 1. The van der Waals surface area contributed by atoms with E-state index in [-0.39, 0.29) is 5.56 Å². The van der Waals surface area contributed by atoms with Gasteiger partial charge in [-0.3, -0.25) is 4.79 Å². The van der Waals surface area contributed by atoms with Gasteiger partial charge in [-0.2, -0.15) is 5.26 Å². The molecule has 0 aliphatic carbocycles. The van der Waals surface area contributed by atoms with Crippen molar-refractivity contribution in [3.63, 3.8) is 0 Å². The van der Waals surface area contributed by atoms with E-state index in [1.807, 2.05) is 61.5 Å². The number of imidazole rings is 1. The van der Waals surface area contributed by atoms with Crippen LogP contribution in [0.5, 0.6) is 0 Å². The molecule has 32 heavy (non-hydrogen) atoms. The van der Waals surface area contributed by atoms with E-state index < -0.39 is 0 Å². The molecule has 0 fully saturated rings. The van der Waals surface area contributed by atoms with Crippen LogP contribution >= 0.6 is 11.9 Å². The van der Waals surface area contributed by atoms with Crippen LogP contribution in [0.1, 0.15) is 33.9 Å². The molecule has 0 spiro atoms. The molecule has 0 radical (unpaired) electrons. The van der Waals surface area contributed by atoms with Crippen LogP contribution in [0.25, 0.3) is 0 Å². The lowest BCUT2D eigenvalue weighted by molar-refractivity contribution is 0.700. The molecule has 160 valence electrons. The number of nitrogens with one attached hydrogen (secondary N) is 2. The van der Waals surface area contributed by atoms with E-state index in [0.717, 1.165) is 28.5 Å². The Morgan fingerprint density at radius 1 is 1.06 bits per heavy atom. The number of aryl methyl sites for hydroxylation is 1. The molecule has 7 heteroatoms. The van der Waals surface area contributed by atoms with Gasteiger partial charge >= 0.3 is 0 Å². The number of hydrogen-bond donors (Lipinski definition) is 2. The van der Waals surface area contributed by atoms with E-state index in [2.05, 4.69) is 32.9 Å². The van der Waals surface area contributed by atoms with Gasteiger partial charge < -0.3 is 14.3 Å². The van der Waals surface area contributed by atoms with Gasteiger partial charge in [0.25, 0.3) is 5.56 Å². The van der Waals surface area contributed by atoms with E-state index in [4.69, 9.17) is 5.26 Å². The Balaban J connectivity index is 1.43. The van der Waals surface area contributed by atoms with Crippen LogP contribution < -0.4 is 10.3 Å². The van der Waals surface area contributed by atoms with E-state index in [9.17, 15) is 4.79 Å². The Hall–Kier alpha value is -3.76. The average molecular weight is 442 g/mol. The fourth-order valence-corrected chi connectivity index (χ4v) is 4.10. The standard InChI is InChI=1S/C25H23N5OS/c1-18-7-12-23(29-32-17-21-5-3-2-4-6-21)25(31)30(18)16-24-27-15-22(28-24)13-19-8-10-20(14-26)11-9-19/h2-12,15,29H,13,16-17H2,1H3,(H,27,28). The van der Waals surface area contributed by atoms with Gasteiger partial charge in [-0.1, -0.05) is 42.5 Å². The van der Waals surface area contributed by atoms with E-state index in [1.54, 1.807) is 10.8 Å². The van der Waals surface area contributed by atoms with E-state index >= 15 is 0 Å². The van der Waals surface area contributed by atoms with Crippen LogP contribution in [0.3, 0.4) is 0 Å². The Morgan fingerprint density at radius 3 is 2.59 bits per heavy atom. The molecule has 0 unspecified atom stereocenters. The number of rotatable bonds is 8.